The van der Waals surface area contributed by atoms with Crippen molar-refractivity contribution in [3.05, 3.63) is 58.4 Å². The van der Waals surface area contributed by atoms with Crippen LogP contribution in [0.5, 0.6) is 0 Å². The van der Waals surface area contributed by atoms with E-state index in [2.05, 4.69) is 9.30 Å². The molecule has 0 amide bonds. The van der Waals surface area contributed by atoms with Crippen LogP contribution in [0.15, 0.2) is 42.5 Å². The molecule has 0 aliphatic rings. The summed E-state index contributed by atoms with van der Waals surface area (Å²) in [4.78, 5) is 22.4. The number of nitrogens with zero attached hydrogens (tertiary/aromatic N) is 5. The first-order chi connectivity index (χ1) is 12.5. The molecule has 7 nitrogen and oxygen atoms in total. The number of nitro groups is 1. The number of non-ortho nitro benzene ring substituents is 1. The highest BCUT2D eigenvalue weighted by atomic mass is 16.6. The van der Waals surface area contributed by atoms with Gasteiger partial charge in [-0.2, -0.15) is 0 Å². The number of hydrogen-bond acceptors (Lipinski definition) is 5. The minimum Gasteiger partial charge on any atom is -0.309 e. The molecular weight excluding hydrogens is 330 g/mol. The average Bonchev–Trinajstić information content (AvgIpc) is 3.00. The SMILES string of the molecule is CN(C)CCCc1nc2cc([N+](=O)[O-])ccc2c2nc3ccccc3n12. The minimum atomic E-state index is -0.390. The molecule has 0 spiro atoms. The lowest BCUT2D eigenvalue weighted by atomic mass is 10.2. The van der Waals surface area contributed by atoms with E-state index in [1.165, 1.54) is 12.1 Å². The monoisotopic (exact) mass is 349 g/mol. The van der Waals surface area contributed by atoms with E-state index in [-0.39, 0.29) is 10.6 Å². The van der Waals surface area contributed by atoms with Crippen LogP contribution in [0.1, 0.15) is 12.2 Å². The zero-order valence-electron chi connectivity index (χ0n) is 14.7. The van der Waals surface area contributed by atoms with Gasteiger partial charge in [-0.1, -0.05) is 12.1 Å². The molecule has 0 N–H and O–H groups in total. The highest BCUT2D eigenvalue weighted by Gasteiger charge is 2.16. The molecule has 26 heavy (non-hydrogen) atoms. The summed E-state index contributed by atoms with van der Waals surface area (Å²) in [5, 5.41) is 12.0. The molecule has 0 saturated carbocycles. The van der Waals surface area contributed by atoms with Gasteiger partial charge in [0.15, 0.2) is 0 Å². The predicted octanol–water partition coefficient (Wildman–Crippen LogP) is 3.44. The molecule has 4 rings (SSSR count). The average molecular weight is 349 g/mol. The summed E-state index contributed by atoms with van der Waals surface area (Å²) in [5.74, 6) is 0.878. The number of hydrogen-bond donors (Lipinski definition) is 0. The number of para-hydroxylation sites is 2. The van der Waals surface area contributed by atoms with Crippen molar-refractivity contribution in [1.29, 1.82) is 0 Å². The summed E-state index contributed by atoms with van der Waals surface area (Å²) in [6, 6.07) is 12.7. The quantitative estimate of drug-likeness (QED) is 0.407. The molecule has 0 aliphatic heterocycles. The van der Waals surface area contributed by atoms with Crippen molar-refractivity contribution in [3.8, 4) is 0 Å². The molecule has 0 unspecified atom stereocenters. The number of aryl methyl sites for hydroxylation is 1. The van der Waals surface area contributed by atoms with Crippen molar-refractivity contribution in [1.82, 2.24) is 19.3 Å². The lowest BCUT2D eigenvalue weighted by Gasteiger charge is -2.11. The molecular formula is C19H19N5O2. The summed E-state index contributed by atoms with van der Waals surface area (Å²) < 4.78 is 2.08. The smallest absolute Gasteiger partial charge is 0.271 e. The normalized spacial score (nSPS) is 11.8. The molecule has 0 radical (unpaired) electrons. The predicted molar refractivity (Wildman–Crippen MR) is 102 cm³/mol. The van der Waals surface area contributed by atoms with Gasteiger partial charge in [0.1, 0.15) is 11.5 Å². The Morgan fingerprint density at radius 1 is 1.12 bits per heavy atom. The van der Waals surface area contributed by atoms with Gasteiger partial charge in [0.05, 0.1) is 21.5 Å². The third-order valence-electron chi connectivity index (χ3n) is 4.51. The Morgan fingerprint density at radius 2 is 1.92 bits per heavy atom. The van der Waals surface area contributed by atoms with E-state index in [9.17, 15) is 10.1 Å². The highest BCUT2D eigenvalue weighted by molar-refractivity contribution is 5.97. The number of aromatic nitrogens is 3. The third-order valence-corrected chi connectivity index (χ3v) is 4.51. The van der Waals surface area contributed by atoms with Crippen molar-refractivity contribution in [2.45, 2.75) is 12.8 Å². The zero-order valence-corrected chi connectivity index (χ0v) is 14.7. The Morgan fingerprint density at radius 3 is 2.69 bits per heavy atom. The first-order valence-electron chi connectivity index (χ1n) is 8.53. The van der Waals surface area contributed by atoms with Crippen molar-refractivity contribution >= 4 is 33.3 Å². The molecule has 2 aromatic heterocycles. The lowest BCUT2D eigenvalue weighted by Crippen LogP contribution is -2.14. The van der Waals surface area contributed by atoms with E-state index in [1.807, 2.05) is 38.4 Å². The fourth-order valence-corrected chi connectivity index (χ4v) is 3.29. The van der Waals surface area contributed by atoms with Crippen LogP contribution in [0.25, 0.3) is 27.6 Å². The molecule has 132 valence electrons. The van der Waals surface area contributed by atoms with Crippen molar-refractivity contribution in [3.63, 3.8) is 0 Å². The second-order valence-electron chi connectivity index (χ2n) is 6.65. The molecule has 0 aliphatic carbocycles. The number of nitro benzene ring substituents is 1. The van der Waals surface area contributed by atoms with E-state index in [0.717, 1.165) is 47.3 Å². The largest absolute Gasteiger partial charge is 0.309 e. The van der Waals surface area contributed by atoms with Crippen LogP contribution in [0.4, 0.5) is 5.69 Å². The number of rotatable bonds is 5. The molecule has 0 fully saturated rings. The topological polar surface area (TPSA) is 76.6 Å². The Labute approximate surface area is 150 Å². The van der Waals surface area contributed by atoms with Crippen molar-refractivity contribution in [2.75, 3.05) is 20.6 Å². The van der Waals surface area contributed by atoms with Crippen LogP contribution in [-0.4, -0.2) is 44.8 Å². The van der Waals surface area contributed by atoms with Crippen LogP contribution < -0.4 is 0 Å². The molecule has 2 heterocycles. The second kappa shape index (κ2) is 6.34. The van der Waals surface area contributed by atoms with Gasteiger partial charge in [-0.05, 0) is 45.3 Å². The van der Waals surface area contributed by atoms with Crippen LogP contribution in [-0.2, 0) is 6.42 Å². The standard InChI is InChI=1S/C19H19N5O2/c1-22(2)11-5-8-18-20-16-12-13(24(25)26)9-10-14(16)19-21-15-6-3-4-7-17(15)23(18)19/h3-4,6-7,9-10,12H,5,8,11H2,1-2H3. The van der Waals surface area contributed by atoms with Gasteiger partial charge in [0.25, 0.3) is 5.69 Å². The van der Waals surface area contributed by atoms with Gasteiger partial charge in [-0.3, -0.25) is 14.5 Å². The molecule has 4 aromatic rings. The first kappa shape index (κ1) is 16.4. The summed E-state index contributed by atoms with van der Waals surface area (Å²) in [6.45, 7) is 0.947. The van der Waals surface area contributed by atoms with E-state index >= 15 is 0 Å². The number of benzene rings is 2. The maximum absolute atomic E-state index is 11.1. The fourth-order valence-electron chi connectivity index (χ4n) is 3.29. The maximum Gasteiger partial charge on any atom is 0.271 e. The summed E-state index contributed by atoms with van der Waals surface area (Å²) in [6.07, 6.45) is 1.72. The van der Waals surface area contributed by atoms with Crippen LogP contribution in [0.2, 0.25) is 0 Å². The Hall–Kier alpha value is -3.06. The van der Waals surface area contributed by atoms with E-state index < -0.39 is 0 Å². The van der Waals surface area contributed by atoms with Gasteiger partial charge in [0.2, 0.25) is 0 Å². The number of imidazole rings is 1. The molecule has 0 saturated heterocycles. The Kier molecular flexibility index (Phi) is 4.00. The second-order valence-corrected chi connectivity index (χ2v) is 6.65. The lowest BCUT2D eigenvalue weighted by molar-refractivity contribution is -0.384. The summed E-state index contributed by atoms with van der Waals surface area (Å²) >= 11 is 0. The van der Waals surface area contributed by atoms with Crippen LogP contribution >= 0.6 is 0 Å². The van der Waals surface area contributed by atoms with Gasteiger partial charge in [0, 0.05) is 23.9 Å². The van der Waals surface area contributed by atoms with Gasteiger partial charge >= 0.3 is 0 Å². The fraction of sp³-hybridized carbons (Fsp3) is 0.263. The van der Waals surface area contributed by atoms with Crippen LogP contribution in [0.3, 0.4) is 0 Å². The third kappa shape index (κ3) is 2.76. The van der Waals surface area contributed by atoms with Crippen molar-refractivity contribution in [2.24, 2.45) is 0 Å². The zero-order chi connectivity index (χ0) is 18.3. The molecule has 0 bridgehead atoms. The molecule has 2 aromatic carbocycles. The molecule has 0 atom stereocenters. The van der Waals surface area contributed by atoms with E-state index in [1.54, 1.807) is 6.07 Å². The Bertz CT molecular complexity index is 1130. The summed E-state index contributed by atoms with van der Waals surface area (Å²) in [7, 11) is 4.08. The summed E-state index contributed by atoms with van der Waals surface area (Å²) in [5.41, 5.74) is 3.36. The van der Waals surface area contributed by atoms with Crippen molar-refractivity contribution < 1.29 is 4.92 Å². The van der Waals surface area contributed by atoms with Crippen LogP contribution in [0, 0.1) is 10.1 Å². The maximum atomic E-state index is 11.1. The van der Waals surface area contributed by atoms with Gasteiger partial charge in [-0.25, -0.2) is 9.97 Å². The number of fused-ring (bicyclic) bond motifs is 5. The first-order valence-corrected chi connectivity index (χ1v) is 8.53. The van der Waals surface area contributed by atoms with E-state index in [0.29, 0.717) is 5.52 Å². The minimum absolute atomic E-state index is 0.0460. The van der Waals surface area contributed by atoms with Gasteiger partial charge < -0.3 is 4.90 Å². The van der Waals surface area contributed by atoms with Gasteiger partial charge in [-0.15, -0.1) is 0 Å². The Balaban J connectivity index is 1.98. The molecule has 7 heteroatoms. The highest BCUT2D eigenvalue weighted by Crippen LogP contribution is 2.27. The van der Waals surface area contributed by atoms with E-state index in [4.69, 9.17) is 9.97 Å².